The van der Waals surface area contributed by atoms with Crippen molar-refractivity contribution in [1.29, 1.82) is 0 Å². The zero-order chi connectivity index (χ0) is 35.4. The van der Waals surface area contributed by atoms with Gasteiger partial charge in [0.25, 0.3) is 5.91 Å². The van der Waals surface area contributed by atoms with Crippen molar-refractivity contribution in [3.05, 3.63) is 102 Å². The van der Waals surface area contributed by atoms with Crippen molar-refractivity contribution in [3.63, 3.8) is 0 Å². The van der Waals surface area contributed by atoms with E-state index in [0.717, 1.165) is 51.5 Å². The molecular formula is C40H48N4O5. The molecule has 0 bridgehead atoms. The molecule has 0 radical (unpaired) electrons. The molecule has 0 saturated carbocycles. The Kier molecular flexibility index (Phi) is 13.0. The molecule has 0 aliphatic carbocycles. The Hall–Kier alpha value is -5.05. The van der Waals surface area contributed by atoms with Crippen LogP contribution >= 0.6 is 0 Å². The molecule has 0 fully saturated rings. The van der Waals surface area contributed by atoms with E-state index in [4.69, 9.17) is 4.74 Å². The molecule has 3 aromatic carbocycles. The molecule has 1 atom stereocenters. The van der Waals surface area contributed by atoms with E-state index in [-0.39, 0.29) is 11.8 Å². The first-order chi connectivity index (χ1) is 23.4. The summed E-state index contributed by atoms with van der Waals surface area (Å²) in [7, 11) is 1.41. The maximum absolute atomic E-state index is 13.3. The van der Waals surface area contributed by atoms with Gasteiger partial charge in [-0.2, -0.15) is 0 Å². The number of nitrogens with zero attached hydrogens (tertiary/aromatic N) is 3. The van der Waals surface area contributed by atoms with E-state index < -0.39 is 30.4 Å². The van der Waals surface area contributed by atoms with Crippen LogP contribution < -0.4 is 10.1 Å². The quantitative estimate of drug-likeness (QED) is 0.120. The third-order valence-corrected chi connectivity index (χ3v) is 8.37. The Morgan fingerprint density at radius 2 is 1.43 bits per heavy atom. The molecule has 2 N–H and O–H groups in total. The van der Waals surface area contributed by atoms with E-state index in [0.29, 0.717) is 11.4 Å². The maximum atomic E-state index is 13.3. The van der Waals surface area contributed by atoms with Crippen molar-refractivity contribution in [2.45, 2.75) is 77.7 Å². The summed E-state index contributed by atoms with van der Waals surface area (Å²) >= 11 is 0. The maximum Gasteiger partial charge on any atom is 0.323 e. The van der Waals surface area contributed by atoms with Crippen molar-refractivity contribution in [1.82, 2.24) is 20.2 Å². The molecule has 1 unspecified atom stereocenters. The summed E-state index contributed by atoms with van der Waals surface area (Å²) in [6, 6.07) is 21.7. The minimum absolute atomic E-state index is 0.0684. The minimum atomic E-state index is -1.14. The number of aliphatic carboxylic acids is 1. The third kappa shape index (κ3) is 11.0. The topological polar surface area (TPSA) is 122 Å². The van der Waals surface area contributed by atoms with Gasteiger partial charge in [0.2, 0.25) is 5.91 Å². The summed E-state index contributed by atoms with van der Waals surface area (Å²) in [5, 5.41) is 12.1. The molecular weight excluding hydrogens is 616 g/mol. The van der Waals surface area contributed by atoms with Crippen LogP contribution in [0.3, 0.4) is 0 Å². The van der Waals surface area contributed by atoms with Gasteiger partial charge in [-0.25, -0.2) is 9.97 Å². The molecule has 9 nitrogen and oxygen atoms in total. The van der Waals surface area contributed by atoms with Crippen LogP contribution in [-0.2, 0) is 21.4 Å². The first-order valence-corrected chi connectivity index (χ1v) is 17.0. The number of hydrogen-bond donors (Lipinski definition) is 2. The molecule has 1 heterocycles. The van der Waals surface area contributed by atoms with E-state index >= 15 is 0 Å². The number of aromatic nitrogens is 2. The second-order valence-electron chi connectivity index (χ2n) is 13.4. The Morgan fingerprint density at radius 1 is 0.816 bits per heavy atom. The number of carboxylic acids is 1. The van der Waals surface area contributed by atoms with Gasteiger partial charge in [-0.15, -0.1) is 0 Å². The molecule has 2 amide bonds. The summed E-state index contributed by atoms with van der Waals surface area (Å²) in [6.45, 7) is 8.73. The SMILES string of the molecule is CCCCCCCOc1ccc(-c2cnc(-c3ccc(CC(NC(=O)c4ccc(C(C)(C)C)cc4)C(=O)N(C)CC(=O)O)cc3)nc2)cc1. The average molecular weight is 665 g/mol. The third-order valence-electron chi connectivity index (χ3n) is 8.37. The predicted molar refractivity (Wildman–Crippen MR) is 193 cm³/mol. The highest BCUT2D eigenvalue weighted by Gasteiger charge is 2.26. The second kappa shape index (κ2) is 17.4. The van der Waals surface area contributed by atoms with Crippen LogP contribution in [0.1, 0.15) is 81.3 Å². The van der Waals surface area contributed by atoms with Crippen molar-refractivity contribution in [2.75, 3.05) is 20.2 Å². The molecule has 258 valence electrons. The first-order valence-electron chi connectivity index (χ1n) is 17.0. The van der Waals surface area contributed by atoms with Crippen molar-refractivity contribution >= 4 is 17.8 Å². The highest BCUT2D eigenvalue weighted by molar-refractivity contribution is 5.98. The lowest BCUT2D eigenvalue weighted by molar-refractivity contribution is -0.144. The van der Waals surface area contributed by atoms with Crippen LogP contribution in [0, 0.1) is 0 Å². The van der Waals surface area contributed by atoms with Crippen molar-refractivity contribution < 1.29 is 24.2 Å². The van der Waals surface area contributed by atoms with Crippen LogP contribution in [-0.4, -0.2) is 64.0 Å². The lowest BCUT2D eigenvalue weighted by atomic mass is 9.86. The summed E-state index contributed by atoms with van der Waals surface area (Å²) in [5.74, 6) is -0.633. The van der Waals surface area contributed by atoms with E-state index in [2.05, 4.69) is 43.0 Å². The fourth-order valence-electron chi connectivity index (χ4n) is 5.40. The molecule has 49 heavy (non-hydrogen) atoms. The smallest absolute Gasteiger partial charge is 0.323 e. The lowest BCUT2D eigenvalue weighted by Gasteiger charge is -2.24. The molecule has 9 heteroatoms. The zero-order valence-corrected chi connectivity index (χ0v) is 29.2. The number of rotatable bonds is 16. The highest BCUT2D eigenvalue weighted by Crippen LogP contribution is 2.25. The number of carbonyl (C=O) groups is 3. The van der Waals surface area contributed by atoms with E-state index in [9.17, 15) is 19.5 Å². The van der Waals surface area contributed by atoms with Gasteiger partial charge >= 0.3 is 5.97 Å². The Labute approximate surface area is 289 Å². The number of benzene rings is 3. The van der Waals surface area contributed by atoms with Gasteiger partial charge in [0.15, 0.2) is 5.82 Å². The fraction of sp³-hybridized carbons (Fsp3) is 0.375. The second-order valence-corrected chi connectivity index (χ2v) is 13.4. The van der Waals surface area contributed by atoms with Gasteiger partial charge in [-0.05, 0) is 52.8 Å². The normalized spacial score (nSPS) is 11.9. The zero-order valence-electron chi connectivity index (χ0n) is 29.2. The molecule has 0 aliphatic rings. The van der Waals surface area contributed by atoms with Gasteiger partial charge in [0.1, 0.15) is 18.3 Å². The average Bonchev–Trinajstić information content (AvgIpc) is 3.09. The Bertz CT molecular complexity index is 1660. The number of ether oxygens (including phenoxy) is 1. The summed E-state index contributed by atoms with van der Waals surface area (Å²) in [6.07, 6.45) is 9.76. The first kappa shape index (κ1) is 36.8. The van der Waals surface area contributed by atoms with Crippen LogP contribution in [0.25, 0.3) is 22.5 Å². The monoisotopic (exact) mass is 664 g/mol. The van der Waals surface area contributed by atoms with Gasteiger partial charge in [-0.1, -0.05) is 102 Å². The summed E-state index contributed by atoms with van der Waals surface area (Å²) < 4.78 is 5.88. The number of amides is 2. The summed E-state index contributed by atoms with van der Waals surface area (Å²) in [4.78, 5) is 48.1. The predicted octanol–water partition coefficient (Wildman–Crippen LogP) is 7.34. The van der Waals surface area contributed by atoms with Gasteiger partial charge in [-0.3, -0.25) is 14.4 Å². The number of carbonyl (C=O) groups excluding carboxylic acids is 2. The number of unbranched alkanes of at least 4 members (excludes halogenated alkanes) is 4. The van der Waals surface area contributed by atoms with E-state index in [1.165, 1.54) is 32.7 Å². The highest BCUT2D eigenvalue weighted by atomic mass is 16.5. The number of nitrogens with one attached hydrogen (secondary N) is 1. The Balaban J connectivity index is 1.40. The van der Waals surface area contributed by atoms with Crippen LogP contribution in [0.15, 0.2) is 85.2 Å². The molecule has 0 saturated heterocycles. The standard InChI is InChI=1S/C40H48N4O5/c1-6-7-8-9-10-23-49-34-21-17-29(18-22-34)32-25-41-37(42-26-32)30-13-11-28(12-14-30)24-35(39(48)44(5)27-36(45)46)43-38(47)31-15-19-33(20-16-31)40(2,3)4/h11-22,25-26,35H,6-10,23-24,27H2,1-5H3,(H,43,47)(H,45,46). The fourth-order valence-corrected chi connectivity index (χ4v) is 5.40. The van der Waals surface area contributed by atoms with Crippen LogP contribution in [0.4, 0.5) is 0 Å². The molecule has 4 aromatic rings. The number of carboxylic acid groups (broad SMARTS) is 1. The molecule has 1 aromatic heterocycles. The van der Waals surface area contributed by atoms with Crippen LogP contribution in [0.5, 0.6) is 5.75 Å². The molecule has 4 rings (SSSR count). The Morgan fingerprint density at radius 3 is 2.02 bits per heavy atom. The van der Waals surface area contributed by atoms with Crippen LogP contribution in [0.2, 0.25) is 0 Å². The van der Waals surface area contributed by atoms with E-state index in [1.807, 2.05) is 60.7 Å². The molecule has 0 spiro atoms. The number of likely N-dealkylation sites (N-methyl/N-ethyl adjacent to an activating group) is 1. The number of hydrogen-bond acceptors (Lipinski definition) is 6. The van der Waals surface area contributed by atoms with Crippen molar-refractivity contribution in [3.8, 4) is 28.3 Å². The van der Waals surface area contributed by atoms with E-state index in [1.54, 1.807) is 24.5 Å². The summed E-state index contributed by atoms with van der Waals surface area (Å²) in [5.41, 5.74) is 4.90. The lowest BCUT2D eigenvalue weighted by Crippen LogP contribution is -2.49. The van der Waals surface area contributed by atoms with Gasteiger partial charge < -0.3 is 20.1 Å². The largest absolute Gasteiger partial charge is 0.494 e. The van der Waals surface area contributed by atoms with Gasteiger partial charge in [0.05, 0.1) is 6.61 Å². The molecule has 0 aliphatic heterocycles. The van der Waals surface area contributed by atoms with Gasteiger partial charge in [0, 0.05) is 42.6 Å². The minimum Gasteiger partial charge on any atom is -0.494 e. The van der Waals surface area contributed by atoms with Crippen molar-refractivity contribution in [2.24, 2.45) is 0 Å².